The molecule has 1 aromatic rings. The van der Waals surface area contributed by atoms with Gasteiger partial charge in [-0.15, -0.1) is 0 Å². The molecule has 1 saturated carbocycles. The third-order valence-corrected chi connectivity index (χ3v) is 6.09. The van der Waals surface area contributed by atoms with Crippen LogP contribution < -0.4 is 9.21 Å². The summed E-state index contributed by atoms with van der Waals surface area (Å²) in [6.45, 7) is 8.48. The van der Waals surface area contributed by atoms with Crippen molar-refractivity contribution in [1.29, 1.82) is 0 Å². The molecule has 1 aliphatic carbocycles. The number of nitrogens with zero attached hydrogens (tertiary/aromatic N) is 3. The number of piperazine rings is 1. The lowest BCUT2D eigenvalue weighted by Gasteiger charge is -2.38. The van der Waals surface area contributed by atoms with Crippen LogP contribution in [0.15, 0.2) is 24.3 Å². The number of hydrogen-bond acceptors (Lipinski definition) is 5. The zero-order chi connectivity index (χ0) is 20.5. The molecule has 0 atom stereocenters. The smallest absolute Gasteiger partial charge is 0.410 e. The first-order chi connectivity index (χ1) is 13.0. The number of carbonyl (C=O) groups excluding carboxylic acids is 1. The van der Waals surface area contributed by atoms with Crippen LogP contribution >= 0.6 is 0 Å². The van der Waals surface area contributed by atoms with E-state index in [-0.39, 0.29) is 6.09 Å². The molecule has 1 heterocycles. The summed E-state index contributed by atoms with van der Waals surface area (Å²) in [5.74, 6) is 0.451. The number of para-hydroxylation sites is 2. The second-order valence-electron chi connectivity index (χ2n) is 8.68. The SMILES string of the molecule is CC(C)(C)OC(=O)N1CCN(c2ccccc2N(CC2CC2)S(C)(=O)=O)CC1. The largest absolute Gasteiger partial charge is 0.444 e. The standard InChI is InChI=1S/C20H31N3O4S/c1-20(2,3)27-19(24)22-13-11-21(12-14-22)17-7-5-6-8-18(17)23(28(4,25)26)15-16-9-10-16/h5-8,16H,9-15H2,1-4H3. The second-order valence-corrected chi connectivity index (χ2v) is 10.6. The van der Waals surface area contributed by atoms with Gasteiger partial charge in [0.25, 0.3) is 0 Å². The number of amides is 1. The minimum absolute atomic E-state index is 0.299. The Labute approximate surface area is 168 Å². The number of sulfonamides is 1. The molecule has 2 aliphatic rings. The fourth-order valence-corrected chi connectivity index (χ4v) is 4.34. The number of hydrogen-bond donors (Lipinski definition) is 0. The number of carbonyl (C=O) groups is 1. The molecule has 8 heteroatoms. The summed E-state index contributed by atoms with van der Waals surface area (Å²) in [5.41, 5.74) is 1.11. The molecule has 0 spiro atoms. The lowest BCUT2D eigenvalue weighted by Crippen LogP contribution is -2.50. The number of anilines is 2. The summed E-state index contributed by atoms with van der Waals surface area (Å²) in [5, 5.41) is 0. The second kappa shape index (κ2) is 7.81. The summed E-state index contributed by atoms with van der Waals surface area (Å²) >= 11 is 0. The molecule has 0 radical (unpaired) electrons. The molecule has 7 nitrogen and oxygen atoms in total. The molecule has 0 unspecified atom stereocenters. The lowest BCUT2D eigenvalue weighted by atomic mass is 10.2. The highest BCUT2D eigenvalue weighted by molar-refractivity contribution is 7.92. The first kappa shape index (κ1) is 20.8. The molecular weight excluding hydrogens is 378 g/mol. The molecule has 1 amide bonds. The first-order valence-corrected chi connectivity index (χ1v) is 11.7. The van der Waals surface area contributed by atoms with Gasteiger partial charge in [0.2, 0.25) is 10.0 Å². The molecule has 0 N–H and O–H groups in total. The highest BCUT2D eigenvalue weighted by Crippen LogP contribution is 2.36. The van der Waals surface area contributed by atoms with E-state index in [2.05, 4.69) is 4.90 Å². The van der Waals surface area contributed by atoms with Crippen molar-refractivity contribution >= 4 is 27.5 Å². The van der Waals surface area contributed by atoms with Crippen LogP contribution in [-0.4, -0.2) is 64.0 Å². The quantitative estimate of drug-likeness (QED) is 0.748. The van der Waals surface area contributed by atoms with Crippen molar-refractivity contribution in [3.05, 3.63) is 24.3 Å². The van der Waals surface area contributed by atoms with Crippen LogP contribution in [0.2, 0.25) is 0 Å². The van der Waals surface area contributed by atoms with E-state index < -0.39 is 15.6 Å². The highest BCUT2D eigenvalue weighted by Gasteiger charge is 2.32. The van der Waals surface area contributed by atoms with Crippen LogP contribution in [-0.2, 0) is 14.8 Å². The summed E-state index contributed by atoms with van der Waals surface area (Å²) in [6, 6.07) is 7.64. The highest BCUT2D eigenvalue weighted by atomic mass is 32.2. The van der Waals surface area contributed by atoms with Gasteiger partial charge in [0.05, 0.1) is 17.6 Å². The van der Waals surface area contributed by atoms with E-state index in [1.165, 1.54) is 6.26 Å². The van der Waals surface area contributed by atoms with Crippen molar-refractivity contribution < 1.29 is 17.9 Å². The van der Waals surface area contributed by atoms with Gasteiger partial charge in [0.15, 0.2) is 0 Å². The lowest BCUT2D eigenvalue weighted by molar-refractivity contribution is 0.0240. The summed E-state index contributed by atoms with van der Waals surface area (Å²) in [6.07, 6.45) is 3.14. The number of benzene rings is 1. The van der Waals surface area contributed by atoms with Gasteiger partial charge >= 0.3 is 6.09 Å². The van der Waals surface area contributed by atoms with Crippen LogP contribution in [0.3, 0.4) is 0 Å². The summed E-state index contributed by atoms with van der Waals surface area (Å²) in [4.78, 5) is 16.2. The Balaban J connectivity index is 1.74. The predicted molar refractivity (Wildman–Crippen MR) is 111 cm³/mol. The van der Waals surface area contributed by atoms with Crippen molar-refractivity contribution in [3.8, 4) is 0 Å². The average Bonchev–Trinajstić information content (AvgIpc) is 3.42. The monoisotopic (exact) mass is 409 g/mol. The van der Waals surface area contributed by atoms with Crippen LogP contribution in [0.5, 0.6) is 0 Å². The molecule has 0 aromatic heterocycles. The molecule has 3 rings (SSSR count). The average molecular weight is 410 g/mol. The summed E-state index contributed by atoms with van der Waals surface area (Å²) < 4.78 is 31.9. The zero-order valence-corrected chi connectivity index (χ0v) is 18.0. The minimum Gasteiger partial charge on any atom is -0.444 e. The van der Waals surface area contributed by atoms with Gasteiger partial charge in [-0.2, -0.15) is 0 Å². The Morgan fingerprint density at radius 3 is 2.29 bits per heavy atom. The van der Waals surface area contributed by atoms with Gasteiger partial charge < -0.3 is 14.5 Å². The van der Waals surface area contributed by atoms with Gasteiger partial charge in [-0.25, -0.2) is 13.2 Å². The zero-order valence-electron chi connectivity index (χ0n) is 17.2. The van der Waals surface area contributed by atoms with Crippen molar-refractivity contribution in [1.82, 2.24) is 4.90 Å². The van der Waals surface area contributed by atoms with Crippen LogP contribution in [0.1, 0.15) is 33.6 Å². The van der Waals surface area contributed by atoms with E-state index in [0.29, 0.717) is 38.6 Å². The van der Waals surface area contributed by atoms with E-state index in [9.17, 15) is 13.2 Å². The molecule has 156 valence electrons. The van der Waals surface area contributed by atoms with E-state index in [4.69, 9.17) is 4.74 Å². The molecule has 1 saturated heterocycles. The van der Waals surface area contributed by atoms with Crippen molar-refractivity contribution in [2.24, 2.45) is 5.92 Å². The van der Waals surface area contributed by atoms with Gasteiger partial charge in [-0.3, -0.25) is 4.31 Å². The van der Waals surface area contributed by atoms with E-state index >= 15 is 0 Å². The molecule has 28 heavy (non-hydrogen) atoms. The van der Waals surface area contributed by atoms with E-state index in [1.807, 2.05) is 45.0 Å². The fraction of sp³-hybridized carbons (Fsp3) is 0.650. The van der Waals surface area contributed by atoms with Crippen molar-refractivity contribution in [2.75, 3.05) is 48.2 Å². The van der Waals surface area contributed by atoms with Gasteiger partial charge in [0.1, 0.15) is 5.60 Å². The maximum absolute atomic E-state index is 12.4. The van der Waals surface area contributed by atoms with Gasteiger partial charge in [0, 0.05) is 32.7 Å². The van der Waals surface area contributed by atoms with Crippen LogP contribution in [0.4, 0.5) is 16.2 Å². The Morgan fingerprint density at radius 2 is 1.75 bits per heavy atom. The number of ether oxygens (including phenoxy) is 1. The topological polar surface area (TPSA) is 70.2 Å². The van der Waals surface area contributed by atoms with Crippen LogP contribution in [0.25, 0.3) is 0 Å². The van der Waals surface area contributed by atoms with E-state index in [0.717, 1.165) is 24.2 Å². The third kappa shape index (κ3) is 5.31. The van der Waals surface area contributed by atoms with Gasteiger partial charge in [-0.1, -0.05) is 12.1 Å². The van der Waals surface area contributed by atoms with Gasteiger partial charge in [-0.05, 0) is 51.7 Å². The number of rotatable bonds is 5. The first-order valence-electron chi connectivity index (χ1n) is 9.84. The minimum atomic E-state index is -3.36. The van der Waals surface area contributed by atoms with Crippen LogP contribution in [0, 0.1) is 5.92 Å². The Kier molecular flexibility index (Phi) is 5.79. The Morgan fingerprint density at radius 1 is 1.14 bits per heavy atom. The van der Waals surface area contributed by atoms with E-state index in [1.54, 1.807) is 9.21 Å². The molecular formula is C20H31N3O4S. The molecule has 0 bridgehead atoms. The maximum Gasteiger partial charge on any atom is 0.410 e. The Bertz CT molecular complexity index is 807. The molecule has 2 fully saturated rings. The predicted octanol–water partition coefficient (Wildman–Crippen LogP) is 2.92. The van der Waals surface area contributed by atoms with Crippen molar-refractivity contribution in [2.45, 2.75) is 39.2 Å². The maximum atomic E-state index is 12.4. The third-order valence-electron chi connectivity index (χ3n) is 4.94. The Hall–Kier alpha value is -1.96. The van der Waals surface area contributed by atoms with Crippen molar-refractivity contribution in [3.63, 3.8) is 0 Å². The molecule has 1 aromatic carbocycles. The molecule has 1 aliphatic heterocycles. The fourth-order valence-electron chi connectivity index (χ4n) is 3.35. The summed E-state index contributed by atoms with van der Waals surface area (Å²) in [7, 11) is -3.36. The normalized spacial score (nSPS) is 18.1.